The van der Waals surface area contributed by atoms with Crippen LogP contribution in [0.3, 0.4) is 0 Å². The Labute approximate surface area is 88.3 Å². The third-order valence-corrected chi connectivity index (χ3v) is 2.61. The van der Waals surface area contributed by atoms with Crippen molar-refractivity contribution < 1.29 is 9.90 Å². The molecule has 82 valence electrons. The predicted octanol–water partition coefficient (Wildman–Crippen LogP) is 0.864. The molecule has 1 aliphatic carbocycles. The zero-order valence-corrected chi connectivity index (χ0v) is 8.76. The van der Waals surface area contributed by atoms with Crippen LogP contribution in [0.25, 0.3) is 0 Å². The van der Waals surface area contributed by atoms with Crippen LogP contribution in [0.1, 0.15) is 19.3 Å². The molecule has 0 radical (unpaired) electrons. The number of aryl methyl sites for hydroxylation is 1. The van der Waals surface area contributed by atoms with E-state index in [9.17, 15) is 4.79 Å². The molecular weight excluding hydrogens is 194 g/mol. The van der Waals surface area contributed by atoms with E-state index >= 15 is 0 Å². The van der Waals surface area contributed by atoms with Gasteiger partial charge in [0.15, 0.2) is 0 Å². The molecule has 0 aromatic carbocycles. The summed E-state index contributed by atoms with van der Waals surface area (Å²) >= 11 is 0. The van der Waals surface area contributed by atoms with Crippen molar-refractivity contribution in [2.24, 2.45) is 7.05 Å². The number of anilines is 1. The molecule has 5 nitrogen and oxygen atoms in total. The van der Waals surface area contributed by atoms with Crippen LogP contribution in [-0.4, -0.2) is 33.2 Å². The van der Waals surface area contributed by atoms with Crippen LogP contribution in [0.4, 0.5) is 5.95 Å². The van der Waals surface area contributed by atoms with Gasteiger partial charge >= 0.3 is 5.97 Å². The number of hydrogen-bond acceptors (Lipinski definition) is 3. The highest BCUT2D eigenvalue weighted by atomic mass is 16.4. The molecule has 15 heavy (non-hydrogen) atoms. The predicted molar refractivity (Wildman–Crippen MR) is 55.8 cm³/mol. The van der Waals surface area contributed by atoms with Crippen LogP contribution in [0, 0.1) is 0 Å². The van der Waals surface area contributed by atoms with Crippen molar-refractivity contribution in [2.75, 3.05) is 11.4 Å². The Hall–Kier alpha value is -1.52. The molecule has 1 aromatic rings. The van der Waals surface area contributed by atoms with Crippen LogP contribution in [-0.2, 0) is 11.8 Å². The molecule has 1 aliphatic rings. The molecule has 1 saturated carbocycles. The smallest absolute Gasteiger partial charge is 0.305 e. The standard InChI is InChI=1S/C10H15N3O2/c1-12-7-5-11-10(12)13(8-2-3-8)6-4-9(14)15/h5,7-8H,2-4,6H2,1H3,(H,14,15). The van der Waals surface area contributed by atoms with Crippen molar-refractivity contribution in [1.82, 2.24) is 9.55 Å². The molecule has 0 saturated heterocycles. The molecule has 1 fully saturated rings. The molecule has 5 heteroatoms. The van der Waals surface area contributed by atoms with Crippen LogP contribution < -0.4 is 4.90 Å². The Morgan fingerprint density at radius 2 is 2.47 bits per heavy atom. The average Bonchev–Trinajstić information content (AvgIpc) is 2.92. The summed E-state index contributed by atoms with van der Waals surface area (Å²) in [6.07, 6.45) is 6.08. The van der Waals surface area contributed by atoms with Crippen LogP contribution in [0.2, 0.25) is 0 Å². The molecule has 1 aromatic heterocycles. The molecule has 0 unspecified atom stereocenters. The summed E-state index contributed by atoms with van der Waals surface area (Å²) in [5.41, 5.74) is 0. The Kier molecular flexibility index (Phi) is 2.62. The van der Waals surface area contributed by atoms with Crippen molar-refractivity contribution in [3.8, 4) is 0 Å². The van der Waals surface area contributed by atoms with Crippen molar-refractivity contribution in [1.29, 1.82) is 0 Å². The highest BCUT2D eigenvalue weighted by Crippen LogP contribution is 2.30. The maximum atomic E-state index is 10.5. The summed E-state index contributed by atoms with van der Waals surface area (Å²) in [6, 6.07) is 0.491. The SMILES string of the molecule is Cn1ccnc1N(CCC(=O)O)C1CC1. The molecule has 0 aliphatic heterocycles. The summed E-state index contributed by atoms with van der Waals surface area (Å²) < 4.78 is 1.93. The van der Waals surface area contributed by atoms with Gasteiger partial charge < -0.3 is 14.6 Å². The Morgan fingerprint density at radius 1 is 1.73 bits per heavy atom. The van der Waals surface area contributed by atoms with E-state index < -0.39 is 5.97 Å². The number of hydrogen-bond donors (Lipinski definition) is 1. The number of nitrogens with zero attached hydrogens (tertiary/aromatic N) is 3. The van der Waals surface area contributed by atoms with Crippen LogP contribution in [0.15, 0.2) is 12.4 Å². The Morgan fingerprint density at radius 3 is 2.93 bits per heavy atom. The first kappa shape index (κ1) is 10.0. The zero-order chi connectivity index (χ0) is 10.8. The lowest BCUT2D eigenvalue weighted by atomic mass is 10.4. The van der Waals surface area contributed by atoms with Gasteiger partial charge in [-0.1, -0.05) is 0 Å². The number of rotatable bonds is 5. The van der Waals surface area contributed by atoms with E-state index in [4.69, 9.17) is 5.11 Å². The largest absolute Gasteiger partial charge is 0.481 e. The number of aromatic nitrogens is 2. The highest BCUT2D eigenvalue weighted by Gasteiger charge is 2.31. The first-order valence-electron chi connectivity index (χ1n) is 5.14. The van der Waals surface area contributed by atoms with E-state index in [0.717, 1.165) is 18.8 Å². The lowest BCUT2D eigenvalue weighted by molar-refractivity contribution is -0.136. The lowest BCUT2D eigenvalue weighted by Crippen LogP contribution is -2.30. The summed E-state index contributed by atoms with van der Waals surface area (Å²) in [5, 5.41) is 8.68. The van der Waals surface area contributed by atoms with E-state index in [1.54, 1.807) is 6.20 Å². The summed E-state index contributed by atoms with van der Waals surface area (Å²) in [7, 11) is 1.93. The molecule has 0 spiro atoms. The quantitative estimate of drug-likeness (QED) is 0.781. The first-order chi connectivity index (χ1) is 7.18. The second-order valence-corrected chi connectivity index (χ2v) is 3.91. The first-order valence-corrected chi connectivity index (χ1v) is 5.14. The zero-order valence-electron chi connectivity index (χ0n) is 8.76. The number of carboxylic acid groups (broad SMARTS) is 1. The monoisotopic (exact) mass is 209 g/mol. The van der Waals surface area contributed by atoms with Crippen LogP contribution >= 0.6 is 0 Å². The summed E-state index contributed by atoms with van der Waals surface area (Å²) in [5.74, 6) is 0.119. The topological polar surface area (TPSA) is 58.4 Å². The fraction of sp³-hybridized carbons (Fsp3) is 0.600. The highest BCUT2D eigenvalue weighted by molar-refractivity contribution is 5.67. The van der Waals surface area contributed by atoms with Crippen molar-refractivity contribution in [3.63, 3.8) is 0 Å². The lowest BCUT2D eigenvalue weighted by Gasteiger charge is -2.22. The van der Waals surface area contributed by atoms with E-state index in [1.165, 1.54) is 0 Å². The fourth-order valence-electron chi connectivity index (χ4n) is 1.68. The number of aliphatic carboxylic acids is 1. The van der Waals surface area contributed by atoms with Crippen molar-refractivity contribution in [2.45, 2.75) is 25.3 Å². The van der Waals surface area contributed by atoms with Gasteiger partial charge in [0, 0.05) is 32.0 Å². The van der Waals surface area contributed by atoms with Gasteiger partial charge in [0.05, 0.1) is 6.42 Å². The van der Waals surface area contributed by atoms with Gasteiger partial charge in [0.2, 0.25) is 5.95 Å². The number of imidazole rings is 1. The molecule has 1 N–H and O–H groups in total. The van der Waals surface area contributed by atoms with Crippen molar-refractivity contribution >= 4 is 11.9 Å². The maximum Gasteiger partial charge on any atom is 0.305 e. The van der Waals surface area contributed by atoms with E-state index in [1.807, 2.05) is 17.8 Å². The molecule has 0 bridgehead atoms. The van der Waals surface area contributed by atoms with Gasteiger partial charge in [-0.3, -0.25) is 4.79 Å². The second-order valence-electron chi connectivity index (χ2n) is 3.91. The van der Waals surface area contributed by atoms with Gasteiger partial charge in [-0.25, -0.2) is 4.98 Å². The van der Waals surface area contributed by atoms with E-state index in [2.05, 4.69) is 9.88 Å². The molecule has 1 heterocycles. The van der Waals surface area contributed by atoms with Crippen LogP contribution in [0.5, 0.6) is 0 Å². The van der Waals surface area contributed by atoms with Gasteiger partial charge in [-0.05, 0) is 12.8 Å². The van der Waals surface area contributed by atoms with E-state index in [0.29, 0.717) is 12.6 Å². The third-order valence-electron chi connectivity index (χ3n) is 2.61. The Bertz CT molecular complexity index is 357. The molecule has 2 rings (SSSR count). The molecular formula is C10H15N3O2. The molecule has 0 atom stereocenters. The minimum absolute atomic E-state index is 0.170. The molecule has 0 amide bonds. The maximum absolute atomic E-state index is 10.5. The number of carboxylic acids is 1. The van der Waals surface area contributed by atoms with Crippen molar-refractivity contribution in [3.05, 3.63) is 12.4 Å². The minimum atomic E-state index is -0.755. The fourth-order valence-corrected chi connectivity index (χ4v) is 1.68. The minimum Gasteiger partial charge on any atom is -0.481 e. The summed E-state index contributed by atoms with van der Waals surface area (Å²) in [4.78, 5) is 16.9. The Balaban J connectivity index is 2.06. The second kappa shape index (κ2) is 3.92. The van der Waals surface area contributed by atoms with E-state index in [-0.39, 0.29) is 6.42 Å². The third kappa shape index (κ3) is 2.29. The van der Waals surface area contributed by atoms with Gasteiger partial charge in [-0.15, -0.1) is 0 Å². The van der Waals surface area contributed by atoms with Gasteiger partial charge in [-0.2, -0.15) is 0 Å². The average molecular weight is 209 g/mol. The summed E-state index contributed by atoms with van der Waals surface area (Å²) in [6.45, 7) is 0.546. The van der Waals surface area contributed by atoms with Gasteiger partial charge in [0.25, 0.3) is 0 Å². The normalized spacial score (nSPS) is 15.3. The number of carbonyl (C=O) groups is 1. The van der Waals surface area contributed by atoms with Gasteiger partial charge in [0.1, 0.15) is 0 Å².